The number of piperazine rings is 1. The summed E-state index contributed by atoms with van der Waals surface area (Å²) in [7, 11) is -3.38. The third-order valence-corrected chi connectivity index (χ3v) is 8.06. The summed E-state index contributed by atoms with van der Waals surface area (Å²) in [5.41, 5.74) is 1.42. The van der Waals surface area contributed by atoms with E-state index in [2.05, 4.69) is 5.32 Å². The molecular formula is C18H27FN3O4S+. The Kier molecular flexibility index (Phi) is 5.47. The maximum atomic E-state index is 13.5. The molecule has 0 unspecified atom stereocenters. The summed E-state index contributed by atoms with van der Waals surface area (Å²) in [6.45, 7) is 4.22. The Bertz CT molecular complexity index is 824. The zero-order valence-electron chi connectivity index (χ0n) is 15.7. The fourth-order valence-corrected chi connectivity index (χ4v) is 6.23. The van der Waals surface area contributed by atoms with Gasteiger partial charge in [0.05, 0.1) is 12.3 Å². The van der Waals surface area contributed by atoms with E-state index in [9.17, 15) is 22.7 Å². The molecule has 2 saturated heterocycles. The van der Waals surface area contributed by atoms with E-state index < -0.39 is 22.2 Å². The van der Waals surface area contributed by atoms with Crippen LogP contribution in [0.3, 0.4) is 0 Å². The molecule has 0 saturated carbocycles. The van der Waals surface area contributed by atoms with Crippen LogP contribution in [0.2, 0.25) is 0 Å². The zero-order valence-corrected chi connectivity index (χ0v) is 16.5. The molecule has 1 amide bonds. The van der Waals surface area contributed by atoms with Crippen LogP contribution in [-0.2, 0) is 10.0 Å². The van der Waals surface area contributed by atoms with Gasteiger partial charge in [-0.1, -0.05) is 6.07 Å². The first-order valence-corrected chi connectivity index (χ1v) is 11.0. The van der Waals surface area contributed by atoms with E-state index in [-0.39, 0.29) is 22.3 Å². The number of nitrogens with one attached hydrogen (secondary N) is 1. The third kappa shape index (κ3) is 3.68. The van der Waals surface area contributed by atoms with Gasteiger partial charge in [-0.2, -0.15) is 8.42 Å². The SMILES string of the molecule is Cc1cc(F)ccc1[C@H]1C[C@@H]([N+]2(S(C)(=O)=O)CCNCC2)CCN1C(=O)O. The van der Waals surface area contributed by atoms with Gasteiger partial charge in [0.1, 0.15) is 24.9 Å². The van der Waals surface area contributed by atoms with Gasteiger partial charge in [0, 0.05) is 32.5 Å². The number of hydrogen-bond acceptors (Lipinski definition) is 4. The topological polar surface area (TPSA) is 86.7 Å². The van der Waals surface area contributed by atoms with Crippen LogP contribution in [0.25, 0.3) is 0 Å². The Morgan fingerprint density at radius 1 is 1.33 bits per heavy atom. The van der Waals surface area contributed by atoms with Crippen LogP contribution in [0.5, 0.6) is 0 Å². The maximum Gasteiger partial charge on any atom is 0.407 e. The predicted molar refractivity (Wildman–Crippen MR) is 99.3 cm³/mol. The van der Waals surface area contributed by atoms with Gasteiger partial charge in [-0.3, -0.25) is 0 Å². The van der Waals surface area contributed by atoms with Crippen molar-refractivity contribution in [1.82, 2.24) is 10.2 Å². The first-order chi connectivity index (χ1) is 12.7. The molecule has 0 aliphatic carbocycles. The van der Waals surface area contributed by atoms with E-state index in [1.807, 2.05) is 0 Å². The molecule has 2 heterocycles. The van der Waals surface area contributed by atoms with Crippen LogP contribution < -0.4 is 5.32 Å². The molecule has 0 aromatic heterocycles. The molecule has 2 atom stereocenters. The lowest BCUT2D eigenvalue weighted by Crippen LogP contribution is -2.67. The van der Waals surface area contributed by atoms with Crippen molar-refractivity contribution in [3.8, 4) is 0 Å². The predicted octanol–water partition coefficient (Wildman–Crippen LogP) is 1.70. The Balaban J connectivity index is 2.00. The monoisotopic (exact) mass is 400 g/mol. The summed E-state index contributed by atoms with van der Waals surface area (Å²) in [6, 6.07) is 3.68. The third-order valence-electron chi connectivity index (χ3n) is 6.07. The van der Waals surface area contributed by atoms with E-state index in [0.29, 0.717) is 44.6 Å². The van der Waals surface area contributed by atoms with Gasteiger partial charge < -0.3 is 15.3 Å². The number of halogens is 1. The number of nitrogens with zero attached hydrogens (tertiary/aromatic N) is 2. The first-order valence-electron chi connectivity index (χ1n) is 9.19. The molecule has 0 spiro atoms. The van der Waals surface area contributed by atoms with Crippen LogP contribution in [0.1, 0.15) is 30.0 Å². The van der Waals surface area contributed by atoms with E-state index in [1.54, 1.807) is 13.0 Å². The number of piperidine rings is 1. The van der Waals surface area contributed by atoms with E-state index in [0.717, 1.165) is 5.56 Å². The lowest BCUT2D eigenvalue weighted by Gasteiger charge is -2.49. The number of likely N-dealkylation sites (tertiary alicyclic amines) is 1. The van der Waals surface area contributed by atoms with Gasteiger partial charge in [-0.05, 0) is 30.2 Å². The van der Waals surface area contributed by atoms with Gasteiger partial charge in [-0.25, -0.2) is 13.1 Å². The number of amides is 1. The number of quaternary nitrogens is 1. The van der Waals surface area contributed by atoms with Gasteiger partial charge in [0.15, 0.2) is 0 Å². The average Bonchev–Trinajstić information content (AvgIpc) is 2.61. The number of hydrogen-bond donors (Lipinski definition) is 2. The smallest absolute Gasteiger partial charge is 0.407 e. The lowest BCUT2D eigenvalue weighted by atomic mass is 9.88. The molecule has 2 aliphatic heterocycles. The molecule has 0 radical (unpaired) electrons. The number of aryl methyl sites for hydroxylation is 1. The molecule has 27 heavy (non-hydrogen) atoms. The minimum absolute atomic E-state index is 0.00972. The Labute approximate surface area is 159 Å². The van der Waals surface area contributed by atoms with Crippen molar-refractivity contribution < 1.29 is 26.6 Å². The molecule has 7 nitrogen and oxygen atoms in total. The van der Waals surface area contributed by atoms with Crippen LogP contribution in [0.4, 0.5) is 9.18 Å². The summed E-state index contributed by atoms with van der Waals surface area (Å²) in [6.07, 6.45) is 1.15. The minimum atomic E-state index is -3.38. The van der Waals surface area contributed by atoms with Crippen molar-refractivity contribution in [2.45, 2.75) is 31.8 Å². The second kappa shape index (κ2) is 7.37. The fraction of sp³-hybridized carbons (Fsp3) is 0.611. The minimum Gasteiger partial charge on any atom is -0.465 e. The van der Waals surface area contributed by atoms with Gasteiger partial charge in [0.25, 0.3) is 10.0 Å². The molecule has 2 aliphatic rings. The Morgan fingerprint density at radius 3 is 2.56 bits per heavy atom. The number of carboxylic acid groups (broad SMARTS) is 1. The molecule has 3 rings (SSSR count). The summed E-state index contributed by atoms with van der Waals surface area (Å²) in [5.74, 6) is -0.368. The highest BCUT2D eigenvalue weighted by Gasteiger charge is 2.50. The van der Waals surface area contributed by atoms with Crippen molar-refractivity contribution in [3.05, 3.63) is 35.1 Å². The summed E-state index contributed by atoms with van der Waals surface area (Å²) in [5, 5.41) is 12.9. The van der Waals surface area contributed by atoms with Crippen LogP contribution in [0, 0.1) is 12.7 Å². The van der Waals surface area contributed by atoms with Crippen LogP contribution >= 0.6 is 0 Å². The highest BCUT2D eigenvalue weighted by molar-refractivity contribution is 7.85. The number of rotatable bonds is 3. The van der Waals surface area contributed by atoms with Gasteiger partial charge in [-0.15, -0.1) is 0 Å². The second-order valence-corrected chi connectivity index (χ2v) is 9.75. The van der Waals surface area contributed by atoms with Crippen molar-refractivity contribution in [1.29, 1.82) is 0 Å². The normalized spacial score (nSPS) is 26.0. The van der Waals surface area contributed by atoms with Crippen molar-refractivity contribution in [3.63, 3.8) is 0 Å². The molecule has 0 bridgehead atoms. The quantitative estimate of drug-likeness (QED) is 0.754. The summed E-state index contributed by atoms with van der Waals surface area (Å²) < 4.78 is 39.0. The standard InChI is InChI=1S/C18H26FN3O4S/c1-13-11-14(19)3-4-16(13)17-12-15(5-8-21(17)18(23)24)22(27(2,25)26)9-6-20-7-10-22/h3-4,11,15,17,20H,5-10,12H2,1-2H3/p+1/t15-,17+/m0/s1. The number of carbonyl (C=O) groups is 1. The van der Waals surface area contributed by atoms with Crippen molar-refractivity contribution in [2.75, 3.05) is 39.0 Å². The molecule has 9 heteroatoms. The Hall–Kier alpha value is -1.71. The van der Waals surface area contributed by atoms with Crippen LogP contribution in [-0.4, -0.2) is 73.4 Å². The zero-order chi connectivity index (χ0) is 19.8. The lowest BCUT2D eigenvalue weighted by molar-refractivity contribution is -0.837. The molecule has 2 fully saturated rings. The highest BCUT2D eigenvalue weighted by atomic mass is 32.2. The van der Waals surface area contributed by atoms with E-state index >= 15 is 0 Å². The molecule has 1 aromatic rings. The fourth-order valence-electron chi connectivity index (χ4n) is 4.65. The molecular weight excluding hydrogens is 373 g/mol. The van der Waals surface area contributed by atoms with Crippen molar-refractivity contribution in [2.24, 2.45) is 0 Å². The maximum absolute atomic E-state index is 13.5. The highest BCUT2D eigenvalue weighted by Crippen LogP contribution is 2.39. The number of sulfonamides is 1. The average molecular weight is 400 g/mol. The Morgan fingerprint density at radius 2 is 2.00 bits per heavy atom. The molecule has 150 valence electrons. The molecule has 1 aromatic carbocycles. The van der Waals surface area contributed by atoms with Crippen LogP contribution in [0.15, 0.2) is 18.2 Å². The van der Waals surface area contributed by atoms with E-state index in [1.165, 1.54) is 23.3 Å². The first kappa shape index (κ1) is 20.0. The largest absolute Gasteiger partial charge is 0.465 e. The summed E-state index contributed by atoms with van der Waals surface area (Å²) >= 11 is 0. The van der Waals surface area contributed by atoms with Crippen molar-refractivity contribution >= 4 is 16.1 Å². The second-order valence-electron chi connectivity index (χ2n) is 7.55. The van der Waals surface area contributed by atoms with E-state index in [4.69, 9.17) is 0 Å². The molecule has 2 N–H and O–H groups in total. The number of benzene rings is 1. The summed E-state index contributed by atoms with van der Waals surface area (Å²) in [4.78, 5) is 13.2. The van der Waals surface area contributed by atoms with Gasteiger partial charge in [0.2, 0.25) is 0 Å². The van der Waals surface area contributed by atoms with Gasteiger partial charge >= 0.3 is 6.09 Å².